The summed E-state index contributed by atoms with van der Waals surface area (Å²) in [5.41, 5.74) is 5.37. The number of rotatable bonds is 10. The van der Waals surface area contributed by atoms with Crippen LogP contribution in [0.5, 0.6) is 0 Å². The van der Waals surface area contributed by atoms with E-state index in [1.54, 1.807) is 12.1 Å². The number of hydrogen-bond donors (Lipinski definition) is 1. The van der Waals surface area contributed by atoms with Gasteiger partial charge in [0.25, 0.3) is 0 Å². The third-order valence-corrected chi connectivity index (χ3v) is 9.97. The Balaban J connectivity index is 1.37. The topological polar surface area (TPSA) is 64.0 Å². The van der Waals surface area contributed by atoms with Crippen LogP contribution in [-0.2, 0) is 29.3 Å². The summed E-state index contributed by atoms with van der Waals surface area (Å²) in [5, 5.41) is 4.97. The van der Waals surface area contributed by atoms with Gasteiger partial charge in [0.15, 0.2) is 0 Å². The third-order valence-electron chi connectivity index (χ3n) is 8.50. The Bertz CT molecular complexity index is 1300. The minimum atomic E-state index is -3.42. The van der Waals surface area contributed by atoms with Gasteiger partial charge in [0.2, 0.25) is 10.0 Å². The number of aromatic nitrogens is 2. The quantitative estimate of drug-likeness (QED) is 0.321. The van der Waals surface area contributed by atoms with Gasteiger partial charge in [-0.15, -0.1) is 0 Å². The van der Waals surface area contributed by atoms with Gasteiger partial charge in [0, 0.05) is 18.4 Å². The molecule has 0 radical (unpaired) electrons. The number of hydrogen-bond acceptors (Lipinski definition) is 3. The highest BCUT2D eigenvalue weighted by Gasteiger charge is 2.30. The molecular weight excluding hydrogens is 497 g/mol. The number of aryl methyl sites for hydroxylation is 2. The standard InChI is InChI=1S/C31H40FN3O2S/c1-23(25-11-6-3-7-12-25)34-38(36,37)22-21-30-29-14-8-13-26(16-15-24-9-4-2-5-10-24)31(29)35(33-30)28-19-17-27(32)18-20-28/h2,4-5,9-10,17-20,23,25-26,34H,3,6-8,11-16,21-22H2,1H3. The van der Waals surface area contributed by atoms with Crippen molar-refractivity contribution >= 4 is 10.0 Å². The van der Waals surface area contributed by atoms with Gasteiger partial charge < -0.3 is 0 Å². The minimum Gasteiger partial charge on any atom is -0.237 e. The van der Waals surface area contributed by atoms with Crippen molar-refractivity contribution in [2.24, 2.45) is 5.92 Å². The molecule has 1 heterocycles. The molecule has 2 unspecified atom stereocenters. The fraction of sp³-hybridized carbons (Fsp3) is 0.516. The van der Waals surface area contributed by atoms with Crippen molar-refractivity contribution in [3.8, 4) is 5.69 Å². The lowest BCUT2D eigenvalue weighted by atomic mass is 9.82. The van der Waals surface area contributed by atoms with E-state index in [4.69, 9.17) is 5.10 Å². The summed E-state index contributed by atoms with van der Waals surface area (Å²) in [6.07, 6.45) is 11.2. The summed E-state index contributed by atoms with van der Waals surface area (Å²) >= 11 is 0. The van der Waals surface area contributed by atoms with Crippen molar-refractivity contribution in [3.05, 3.63) is 82.9 Å². The van der Waals surface area contributed by atoms with Gasteiger partial charge in [-0.3, -0.25) is 0 Å². The monoisotopic (exact) mass is 537 g/mol. The molecule has 2 aliphatic carbocycles. The lowest BCUT2D eigenvalue weighted by Gasteiger charge is -2.28. The predicted octanol–water partition coefficient (Wildman–Crippen LogP) is 6.49. The number of sulfonamides is 1. The number of nitrogens with zero attached hydrogens (tertiary/aromatic N) is 2. The molecule has 0 saturated heterocycles. The van der Waals surface area contributed by atoms with Crippen LogP contribution in [0.1, 0.15) is 86.7 Å². The van der Waals surface area contributed by atoms with E-state index in [9.17, 15) is 12.8 Å². The SMILES string of the molecule is CC(NS(=O)(=O)CCc1nn(-c2ccc(F)cc2)c2c1CCCC2CCc1ccccc1)C1CCCCC1. The van der Waals surface area contributed by atoms with Crippen molar-refractivity contribution in [3.63, 3.8) is 0 Å². The first-order valence-corrected chi connectivity index (χ1v) is 16.0. The van der Waals surface area contributed by atoms with E-state index in [0.29, 0.717) is 18.3 Å². The van der Waals surface area contributed by atoms with Gasteiger partial charge in [0.1, 0.15) is 5.82 Å². The van der Waals surface area contributed by atoms with Crippen molar-refractivity contribution in [2.45, 2.75) is 89.5 Å². The first kappa shape index (κ1) is 27.1. The van der Waals surface area contributed by atoms with Crippen LogP contribution in [0.25, 0.3) is 5.69 Å². The van der Waals surface area contributed by atoms with Crippen molar-refractivity contribution < 1.29 is 12.8 Å². The lowest BCUT2D eigenvalue weighted by molar-refractivity contribution is 0.303. The van der Waals surface area contributed by atoms with Crippen LogP contribution in [0.15, 0.2) is 54.6 Å². The molecule has 38 heavy (non-hydrogen) atoms. The Morgan fingerprint density at radius 1 is 0.974 bits per heavy atom. The highest BCUT2D eigenvalue weighted by Crippen LogP contribution is 2.38. The molecule has 1 aromatic heterocycles. The zero-order chi connectivity index (χ0) is 26.5. The molecule has 0 bridgehead atoms. The molecule has 0 amide bonds. The molecule has 0 aliphatic heterocycles. The summed E-state index contributed by atoms with van der Waals surface area (Å²) in [6.45, 7) is 2.01. The van der Waals surface area contributed by atoms with E-state index in [-0.39, 0.29) is 17.6 Å². The Hall–Kier alpha value is -2.51. The van der Waals surface area contributed by atoms with Crippen molar-refractivity contribution in [2.75, 3.05) is 5.75 Å². The summed E-state index contributed by atoms with van der Waals surface area (Å²) in [7, 11) is -3.42. The Kier molecular flexibility index (Phi) is 8.64. The molecule has 2 aromatic carbocycles. The van der Waals surface area contributed by atoms with Gasteiger partial charge in [-0.25, -0.2) is 22.2 Å². The van der Waals surface area contributed by atoms with Crippen LogP contribution in [0.3, 0.4) is 0 Å². The number of fused-ring (bicyclic) bond motifs is 1. The fourth-order valence-corrected chi connectivity index (χ4v) is 7.75. The second-order valence-electron chi connectivity index (χ2n) is 11.2. The second kappa shape index (κ2) is 12.1. The molecule has 3 aromatic rings. The summed E-state index contributed by atoms with van der Waals surface area (Å²) in [5.74, 6) is 0.506. The average molecular weight is 538 g/mol. The molecule has 5 nitrogen and oxygen atoms in total. The maximum Gasteiger partial charge on any atom is 0.212 e. The molecule has 7 heteroatoms. The van der Waals surface area contributed by atoms with Crippen molar-refractivity contribution in [1.82, 2.24) is 14.5 Å². The fourth-order valence-electron chi connectivity index (χ4n) is 6.41. The highest BCUT2D eigenvalue weighted by atomic mass is 32.2. The molecule has 5 rings (SSSR count). The van der Waals surface area contributed by atoms with E-state index >= 15 is 0 Å². The zero-order valence-electron chi connectivity index (χ0n) is 22.4. The van der Waals surface area contributed by atoms with E-state index in [0.717, 1.165) is 56.3 Å². The third kappa shape index (κ3) is 6.55. The number of benzene rings is 2. The van der Waals surface area contributed by atoms with Gasteiger partial charge in [0.05, 0.1) is 22.8 Å². The Morgan fingerprint density at radius 2 is 1.71 bits per heavy atom. The normalized spacial score (nSPS) is 19.3. The van der Waals surface area contributed by atoms with Crippen LogP contribution >= 0.6 is 0 Å². The van der Waals surface area contributed by atoms with Crippen molar-refractivity contribution in [1.29, 1.82) is 0 Å². The molecule has 1 fully saturated rings. The van der Waals surface area contributed by atoms with Gasteiger partial charge in [-0.2, -0.15) is 5.10 Å². The minimum absolute atomic E-state index is 0.0333. The summed E-state index contributed by atoms with van der Waals surface area (Å²) in [4.78, 5) is 0. The predicted molar refractivity (Wildman–Crippen MR) is 151 cm³/mol. The van der Waals surface area contributed by atoms with Crippen LogP contribution in [-0.4, -0.2) is 30.0 Å². The summed E-state index contributed by atoms with van der Waals surface area (Å²) < 4.78 is 44.8. The molecule has 2 atom stereocenters. The molecule has 2 aliphatic rings. The maximum absolute atomic E-state index is 13.7. The van der Waals surface area contributed by atoms with E-state index < -0.39 is 10.0 Å². The lowest BCUT2D eigenvalue weighted by Crippen LogP contribution is -2.40. The molecule has 1 N–H and O–H groups in total. The van der Waals surface area contributed by atoms with Gasteiger partial charge >= 0.3 is 0 Å². The van der Waals surface area contributed by atoms with Gasteiger partial charge in [-0.05, 0) is 93.2 Å². The van der Waals surface area contributed by atoms with Crippen LogP contribution < -0.4 is 4.72 Å². The number of halogens is 1. The Labute approximate surface area is 226 Å². The second-order valence-corrected chi connectivity index (χ2v) is 13.1. The molecular formula is C31H40FN3O2S. The maximum atomic E-state index is 13.7. The summed E-state index contributed by atoms with van der Waals surface area (Å²) in [6, 6.07) is 16.9. The van der Waals surface area contributed by atoms with E-state index in [2.05, 4.69) is 29.0 Å². The molecule has 204 valence electrons. The average Bonchev–Trinajstić information content (AvgIpc) is 3.31. The smallest absolute Gasteiger partial charge is 0.212 e. The Morgan fingerprint density at radius 3 is 2.45 bits per heavy atom. The first-order chi connectivity index (χ1) is 18.4. The molecule has 1 saturated carbocycles. The largest absolute Gasteiger partial charge is 0.237 e. The molecule has 0 spiro atoms. The first-order valence-electron chi connectivity index (χ1n) is 14.3. The zero-order valence-corrected chi connectivity index (χ0v) is 23.2. The van der Waals surface area contributed by atoms with Crippen LogP contribution in [0.2, 0.25) is 0 Å². The highest BCUT2D eigenvalue weighted by molar-refractivity contribution is 7.89. The van der Waals surface area contributed by atoms with E-state index in [1.165, 1.54) is 48.2 Å². The van der Waals surface area contributed by atoms with Crippen LogP contribution in [0.4, 0.5) is 4.39 Å². The van der Waals surface area contributed by atoms with Gasteiger partial charge in [-0.1, -0.05) is 49.6 Å². The van der Waals surface area contributed by atoms with E-state index in [1.807, 2.05) is 17.7 Å². The van der Waals surface area contributed by atoms with Crippen LogP contribution in [0, 0.1) is 11.7 Å². The number of nitrogens with one attached hydrogen (secondary N) is 1.